The quantitative estimate of drug-likeness (QED) is 0.817. The van der Waals surface area contributed by atoms with Gasteiger partial charge < -0.3 is 9.42 Å². The van der Waals surface area contributed by atoms with Crippen LogP contribution in [-0.2, 0) is 0 Å². The van der Waals surface area contributed by atoms with Crippen molar-refractivity contribution in [3.8, 4) is 6.07 Å². The van der Waals surface area contributed by atoms with Gasteiger partial charge in [0.05, 0.1) is 11.3 Å². The van der Waals surface area contributed by atoms with Crippen molar-refractivity contribution < 1.29 is 4.52 Å². The third-order valence-electron chi connectivity index (χ3n) is 3.74. The number of aryl methyl sites for hydroxylation is 1. The van der Waals surface area contributed by atoms with E-state index in [1.807, 2.05) is 20.0 Å². The van der Waals surface area contributed by atoms with E-state index in [1.165, 1.54) is 0 Å². The summed E-state index contributed by atoms with van der Waals surface area (Å²) >= 11 is 0. The Labute approximate surface area is 122 Å². The van der Waals surface area contributed by atoms with Gasteiger partial charge in [0.1, 0.15) is 12.1 Å². The van der Waals surface area contributed by atoms with Crippen LogP contribution in [0.25, 0.3) is 0 Å². The number of nitriles is 1. The van der Waals surface area contributed by atoms with Gasteiger partial charge in [-0.25, -0.2) is 0 Å². The van der Waals surface area contributed by atoms with E-state index >= 15 is 0 Å². The average Bonchev–Trinajstić information content (AvgIpc) is 2.94. The Morgan fingerprint density at radius 3 is 3.00 bits per heavy atom. The van der Waals surface area contributed by atoms with E-state index in [4.69, 9.17) is 4.52 Å². The van der Waals surface area contributed by atoms with E-state index in [0.717, 1.165) is 18.8 Å². The molecule has 0 radical (unpaired) electrons. The first-order valence-corrected chi connectivity index (χ1v) is 6.78. The maximum atomic E-state index is 9.22. The Morgan fingerprint density at radius 1 is 1.43 bits per heavy atom. The van der Waals surface area contributed by atoms with E-state index < -0.39 is 0 Å². The van der Waals surface area contributed by atoms with E-state index in [9.17, 15) is 5.26 Å². The Morgan fingerprint density at radius 2 is 2.29 bits per heavy atom. The highest BCUT2D eigenvalue weighted by molar-refractivity contribution is 5.58. The summed E-state index contributed by atoms with van der Waals surface area (Å²) < 4.78 is 5.31. The van der Waals surface area contributed by atoms with Crippen molar-refractivity contribution in [3.05, 3.63) is 35.7 Å². The second-order valence-electron chi connectivity index (χ2n) is 5.13. The third kappa shape index (κ3) is 2.58. The predicted molar refractivity (Wildman–Crippen MR) is 75.6 cm³/mol. The Balaban J connectivity index is 1.88. The molecule has 0 saturated carbocycles. The highest BCUT2D eigenvalue weighted by atomic mass is 16.5. The SMILES string of the molecule is Cc1noc([C@@H]2CN(c3ccncc3C#N)CCN2C)n1. The van der Waals surface area contributed by atoms with Crippen LogP contribution < -0.4 is 4.90 Å². The van der Waals surface area contributed by atoms with E-state index in [0.29, 0.717) is 23.8 Å². The maximum absolute atomic E-state index is 9.22. The van der Waals surface area contributed by atoms with Gasteiger partial charge in [0, 0.05) is 32.0 Å². The highest BCUT2D eigenvalue weighted by Gasteiger charge is 2.30. The maximum Gasteiger partial charge on any atom is 0.245 e. The molecule has 1 atom stereocenters. The van der Waals surface area contributed by atoms with Crippen LogP contribution >= 0.6 is 0 Å². The lowest BCUT2D eigenvalue weighted by molar-refractivity contribution is 0.177. The van der Waals surface area contributed by atoms with Crippen LogP contribution in [0.4, 0.5) is 5.69 Å². The second-order valence-corrected chi connectivity index (χ2v) is 5.13. The van der Waals surface area contributed by atoms with Crippen LogP contribution in [-0.4, -0.2) is 46.7 Å². The number of hydrogen-bond donors (Lipinski definition) is 0. The van der Waals surface area contributed by atoms with Crippen molar-refractivity contribution in [2.45, 2.75) is 13.0 Å². The molecule has 3 heterocycles. The summed E-state index contributed by atoms with van der Waals surface area (Å²) in [5.74, 6) is 1.25. The predicted octanol–water partition coefficient (Wildman–Crippen LogP) is 1.14. The standard InChI is InChI=1S/C14H16N6O/c1-10-17-14(21-18-10)13-9-20(6-5-19(13)2)12-3-4-16-8-11(12)7-15/h3-4,8,13H,5-6,9H2,1-2H3/t13-/m0/s1. The molecule has 0 aliphatic carbocycles. The molecule has 7 heteroatoms. The summed E-state index contributed by atoms with van der Waals surface area (Å²) in [4.78, 5) is 12.7. The average molecular weight is 284 g/mol. The normalized spacial score (nSPS) is 19.5. The monoisotopic (exact) mass is 284 g/mol. The summed E-state index contributed by atoms with van der Waals surface area (Å²) in [6.45, 7) is 4.22. The summed E-state index contributed by atoms with van der Waals surface area (Å²) in [5.41, 5.74) is 1.49. The molecule has 0 bridgehead atoms. The van der Waals surface area contributed by atoms with Crippen molar-refractivity contribution in [2.24, 2.45) is 0 Å². The zero-order valence-corrected chi connectivity index (χ0v) is 12.0. The van der Waals surface area contributed by atoms with Crippen LogP contribution in [0, 0.1) is 18.3 Å². The summed E-state index contributed by atoms with van der Waals surface area (Å²) in [5, 5.41) is 13.1. The van der Waals surface area contributed by atoms with Crippen molar-refractivity contribution >= 4 is 5.69 Å². The first-order valence-electron chi connectivity index (χ1n) is 6.78. The van der Waals surface area contributed by atoms with Gasteiger partial charge in [-0.15, -0.1) is 0 Å². The molecule has 1 aliphatic heterocycles. The molecule has 0 N–H and O–H groups in total. The largest absolute Gasteiger partial charge is 0.367 e. The molecule has 0 spiro atoms. The number of pyridine rings is 1. The topological polar surface area (TPSA) is 82.1 Å². The molecule has 108 valence electrons. The molecule has 1 fully saturated rings. The zero-order valence-electron chi connectivity index (χ0n) is 12.0. The van der Waals surface area contributed by atoms with Crippen LogP contribution in [0.1, 0.15) is 23.3 Å². The minimum Gasteiger partial charge on any atom is -0.367 e. The van der Waals surface area contributed by atoms with Crippen molar-refractivity contribution in [3.63, 3.8) is 0 Å². The summed E-state index contributed by atoms with van der Waals surface area (Å²) in [6, 6.07) is 4.10. The van der Waals surface area contributed by atoms with Gasteiger partial charge in [-0.3, -0.25) is 9.88 Å². The second kappa shape index (κ2) is 5.50. The fraction of sp³-hybridized carbons (Fsp3) is 0.429. The molecule has 2 aromatic rings. The van der Waals surface area contributed by atoms with Crippen LogP contribution in [0.3, 0.4) is 0 Å². The molecule has 1 saturated heterocycles. The molecular weight excluding hydrogens is 268 g/mol. The van der Waals surface area contributed by atoms with Gasteiger partial charge in [-0.1, -0.05) is 5.16 Å². The van der Waals surface area contributed by atoms with E-state index in [-0.39, 0.29) is 6.04 Å². The summed E-state index contributed by atoms with van der Waals surface area (Å²) in [6.07, 6.45) is 3.31. The molecule has 7 nitrogen and oxygen atoms in total. The lowest BCUT2D eigenvalue weighted by Crippen LogP contribution is -2.47. The number of anilines is 1. The third-order valence-corrected chi connectivity index (χ3v) is 3.74. The molecular formula is C14H16N6O. The van der Waals surface area contributed by atoms with Gasteiger partial charge in [0.15, 0.2) is 5.82 Å². The first-order chi connectivity index (χ1) is 10.2. The lowest BCUT2D eigenvalue weighted by Gasteiger charge is -2.39. The first kappa shape index (κ1) is 13.5. The van der Waals surface area contributed by atoms with Crippen molar-refractivity contribution in [2.75, 3.05) is 31.6 Å². The lowest BCUT2D eigenvalue weighted by atomic mass is 10.1. The van der Waals surface area contributed by atoms with Gasteiger partial charge in [0.2, 0.25) is 5.89 Å². The molecule has 0 aromatic carbocycles. The number of hydrogen-bond acceptors (Lipinski definition) is 7. The van der Waals surface area contributed by atoms with Crippen molar-refractivity contribution in [1.82, 2.24) is 20.0 Å². The van der Waals surface area contributed by atoms with Gasteiger partial charge in [-0.2, -0.15) is 10.2 Å². The zero-order chi connectivity index (χ0) is 14.8. The minimum atomic E-state index is 0.0275. The fourth-order valence-electron chi connectivity index (χ4n) is 2.56. The minimum absolute atomic E-state index is 0.0275. The van der Waals surface area contributed by atoms with Gasteiger partial charge >= 0.3 is 0 Å². The molecule has 1 aliphatic rings. The number of likely N-dealkylation sites (N-methyl/N-ethyl adjacent to an activating group) is 1. The number of piperazine rings is 1. The Bertz CT molecular complexity index is 676. The van der Waals surface area contributed by atoms with Gasteiger partial charge in [0.25, 0.3) is 0 Å². The highest BCUT2D eigenvalue weighted by Crippen LogP contribution is 2.28. The van der Waals surface area contributed by atoms with Crippen molar-refractivity contribution in [1.29, 1.82) is 5.26 Å². The Kier molecular flexibility index (Phi) is 3.54. The van der Waals surface area contributed by atoms with E-state index in [2.05, 4.69) is 31.0 Å². The number of aromatic nitrogens is 3. The molecule has 3 rings (SSSR count). The Hall–Kier alpha value is -2.46. The smallest absolute Gasteiger partial charge is 0.245 e. The summed E-state index contributed by atoms with van der Waals surface area (Å²) in [7, 11) is 2.04. The molecule has 0 unspecified atom stereocenters. The van der Waals surface area contributed by atoms with Crippen LogP contribution in [0.15, 0.2) is 23.0 Å². The van der Waals surface area contributed by atoms with Crippen LogP contribution in [0.2, 0.25) is 0 Å². The number of rotatable bonds is 2. The molecule has 2 aromatic heterocycles. The fourth-order valence-corrected chi connectivity index (χ4v) is 2.56. The molecule has 0 amide bonds. The number of nitrogens with zero attached hydrogens (tertiary/aromatic N) is 6. The van der Waals surface area contributed by atoms with Gasteiger partial charge in [-0.05, 0) is 20.0 Å². The molecule has 21 heavy (non-hydrogen) atoms. The van der Waals surface area contributed by atoms with Crippen LogP contribution in [0.5, 0.6) is 0 Å². The van der Waals surface area contributed by atoms with E-state index in [1.54, 1.807) is 12.4 Å².